The lowest BCUT2D eigenvalue weighted by molar-refractivity contribution is -0.128. The molecule has 6 heteroatoms. The molecule has 1 aliphatic rings. The van der Waals surface area contributed by atoms with Gasteiger partial charge in [0.05, 0.1) is 5.56 Å². The number of rotatable bonds is 6. The summed E-state index contributed by atoms with van der Waals surface area (Å²) in [5, 5.41) is 3.50. The van der Waals surface area contributed by atoms with Crippen LogP contribution in [0, 0.1) is 0 Å². The number of amides is 2. The third-order valence-corrected chi connectivity index (χ3v) is 5.13. The minimum absolute atomic E-state index is 0.0396. The molecule has 2 amide bonds. The molecule has 1 N–H and O–H groups in total. The maximum Gasteiger partial charge on any atom is 0.254 e. The van der Waals surface area contributed by atoms with Gasteiger partial charge < -0.3 is 10.2 Å². The average Bonchev–Trinajstić information content (AvgIpc) is 2.98. The van der Waals surface area contributed by atoms with Crippen molar-refractivity contribution in [2.75, 3.05) is 19.3 Å². The topological polar surface area (TPSA) is 62.3 Å². The first-order chi connectivity index (χ1) is 12.6. The highest BCUT2D eigenvalue weighted by Gasteiger charge is 2.30. The Bertz CT molecular complexity index is 808. The zero-order chi connectivity index (χ0) is 18.4. The van der Waals surface area contributed by atoms with Gasteiger partial charge in [-0.3, -0.25) is 9.59 Å². The number of nitrogens with zero attached hydrogens (tertiary/aromatic N) is 2. The minimum Gasteiger partial charge on any atom is -0.344 e. The molecule has 1 atom stereocenters. The van der Waals surface area contributed by atoms with E-state index in [1.54, 1.807) is 30.3 Å². The van der Waals surface area contributed by atoms with Gasteiger partial charge in [0.1, 0.15) is 11.1 Å². The minimum atomic E-state index is -0.441. The van der Waals surface area contributed by atoms with Crippen LogP contribution in [0.2, 0.25) is 0 Å². The number of hydrogen-bond donors (Lipinski definition) is 1. The molecule has 1 aromatic heterocycles. The van der Waals surface area contributed by atoms with Crippen molar-refractivity contribution in [3.8, 4) is 0 Å². The zero-order valence-corrected chi connectivity index (χ0v) is 15.4. The van der Waals surface area contributed by atoms with Gasteiger partial charge in [0.2, 0.25) is 5.91 Å². The Balaban J connectivity index is 1.61. The first-order valence-electron chi connectivity index (χ1n) is 8.50. The van der Waals surface area contributed by atoms with Crippen LogP contribution in [0.5, 0.6) is 0 Å². The van der Waals surface area contributed by atoms with E-state index in [0.717, 1.165) is 5.56 Å². The molecule has 1 saturated heterocycles. The van der Waals surface area contributed by atoms with E-state index in [1.807, 2.05) is 42.5 Å². The Morgan fingerprint density at radius 2 is 2.12 bits per heavy atom. The van der Waals surface area contributed by atoms with E-state index in [1.165, 1.54) is 11.8 Å². The standard InChI is InChI=1S/C20H21N3O2S/c1-23-13-11-17(20(23)25)22-18(24)16-10-5-12-21-19(16)26-14-6-9-15-7-3-2-4-8-15/h2-10,12,17H,11,13-14H2,1H3,(H,22,24)/b9-6+/t17-/m1/s1. The molecule has 2 heterocycles. The molecular weight excluding hydrogens is 346 g/mol. The van der Waals surface area contributed by atoms with Crippen LogP contribution in [-0.4, -0.2) is 47.1 Å². The summed E-state index contributed by atoms with van der Waals surface area (Å²) in [6, 6.07) is 13.1. The molecule has 0 aliphatic carbocycles. The highest BCUT2D eigenvalue weighted by molar-refractivity contribution is 7.99. The van der Waals surface area contributed by atoms with Gasteiger partial charge >= 0.3 is 0 Å². The Hall–Kier alpha value is -2.60. The quantitative estimate of drug-likeness (QED) is 0.798. The molecule has 0 radical (unpaired) electrons. The maximum atomic E-state index is 12.6. The number of carbonyl (C=O) groups is 2. The van der Waals surface area contributed by atoms with Gasteiger partial charge in [-0.15, -0.1) is 11.8 Å². The molecule has 5 nitrogen and oxygen atoms in total. The van der Waals surface area contributed by atoms with Gasteiger partial charge in [0.15, 0.2) is 0 Å². The summed E-state index contributed by atoms with van der Waals surface area (Å²) in [7, 11) is 1.75. The number of hydrogen-bond acceptors (Lipinski definition) is 4. The molecule has 1 fully saturated rings. The number of pyridine rings is 1. The maximum absolute atomic E-state index is 12.6. The smallest absolute Gasteiger partial charge is 0.254 e. The summed E-state index contributed by atoms with van der Waals surface area (Å²) in [4.78, 5) is 30.5. The number of benzene rings is 1. The van der Waals surface area contributed by atoms with Crippen molar-refractivity contribution in [2.24, 2.45) is 0 Å². The van der Waals surface area contributed by atoms with Gasteiger partial charge in [-0.1, -0.05) is 42.5 Å². The van der Waals surface area contributed by atoms with E-state index >= 15 is 0 Å². The van der Waals surface area contributed by atoms with Crippen LogP contribution in [0.25, 0.3) is 6.08 Å². The molecule has 3 rings (SSSR count). The van der Waals surface area contributed by atoms with Crippen molar-refractivity contribution < 1.29 is 9.59 Å². The molecular formula is C20H21N3O2S. The summed E-state index contributed by atoms with van der Waals surface area (Å²) in [5.74, 6) is 0.417. The molecule has 0 bridgehead atoms. The Labute approximate surface area is 157 Å². The fraction of sp³-hybridized carbons (Fsp3) is 0.250. The van der Waals surface area contributed by atoms with E-state index in [9.17, 15) is 9.59 Å². The molecule has 1 aliphatic heterocycles. The molecule has 134 valence electrons. The van der Waals surface area contributed by atoms with E-state index in [4.69, 9.17) is 0 Å². The van der Waals surface area contributed by atoms with Gasteiger partial charge in [-0.25, -0.2) is 4.98 Å². The summed E-state index contributed by atoms with van der Waals surface area (Å²) >= 11 is 1.50. The average molecular weight is 367 g/mol. The summed E-state index contributed by atoms with van der Waals surface area (Å²) in [6.45, 7) is 0.669. The van der Waals surface area contributed by atoms with Crippen molar-refractivity contribution >= 4 is 29.7 Å². The molecule has 2 aromatic rings. The number of likely N-dealkylation sites (tertiary alicyclic amines) is 1. The van der Waals surface area contributed by atoms with Gasteiger partial charge in [0.25, 0.3) is 5.91 Å². The van der Waals surface area contributed by atoms with E-state index in [2.05, 4.69) is 10.3 Å². The second-order valence-corrected chi connectivity index (χ2v) is 7.06. The van der Waals surface area contributed by atoms with Crippen molar-refractivity contribution in [3.05, 3.63) is 65.9 Å². The van der Waals surface area contributed by atoms with E-state index < -0.39 is 6.04 Å². The SMILES string of the molecule is CN1CC[C@@H](NC(=O)c2cccnc2SC/C=C/c2ccccc2)C1=O. The van der Waals surface area contributed by atoms with Crippen LogP contribution in [0.1, 0.15) is 22.3 Å². The predicted octanol–water partition coefficient (Wildman–Crippen LogP) is 2.85. The van der Waals surface area contributed by atoms with Crippen molar-refractivity contribution in [1.29, 1.82) is 0 Å². The fourth-order valence-electron chi connectivity index (χ4n) is 2.75. The van der Waals surface area contributed by atoms with Crippen LogP contribution in [-0.2, 0) is 4.79 Å². The van der Waals surface area contributed by atoms with Crippen LogP contribution in [0.15, 0.2) is 59.8 Å². The first-order valence-corrected chi connectivity index (χ1v) is 9.49. The molecule has 0 saturated carbocycles. The first kappa shape index (κ1) is 18.2. The largest absolute Gasteiger partial charge is 0.344 e. The van der Waals surface area contributed by atoms with Crippen LogP contribution in [0.3, 0.4) is 0 Å². The fourth-order valence-corrected chi connectivity index (χ4v) is 3.55. The monoisotopic (exact) mass is 367 g/mol. The molecule has 1 aromatic carbocycles. The Kier molecular flexibility index (Phi) is 6.07. The zero-order valence-electron chi connectivity index (χ0n) is 14.6. The van der Waals surface area contributed by atoms with Crippen LogP contribution < -0.4 is 5.32 Å². The number of nitrogens with one attached hydrogen (secondary N) is 1. The number of carbonyl (C=O) groups excluding carboxylic acids is 2. The summed E-state index contributed by atoms with van der Waals surface area (Å²) in [6.07, 6.45) is 6.41. The lowest BCUT2D eigenvalue weighted by Gasteiger charge is -2.13. The molecule has 26 heavy (non-hydrogen) atoms. The van der Waals surface area contributed by atoms with Crippen LogP contribution in [0.4, 0.5) is 0 Å². The summed E-state index contributed by atoms with van der Waals surface area (Å²) < 4.78 is 0. The van der Waals surface area contributed by atoms with E-state index in [-0.39, 0.29) is 11.8 Å². The second kappa shape index (κ2) is 8.67. The third-order valence-electron chi connectivity index (χ3n) is 4.17. The number of aromatic nitrogens is 1. The second-order valence-electron chi connectivity index (χ2n) is 6.05. The lowest BCUT2D eigenvalue weighted by atomic mass is 10.2. The third kappa shape index (κ3) is 4.52. The number of likely N-dealkylation sites (N-methyl/N-ethyl adjacent to an activating group) is 1. The van der Waals surface area contributed by atoms with Crippen molar-refractivity contribution in [3.63, 3.8) is 0 Å². The van der Waals surface area contributed by atoms with Gasteiger partial charge in [-0.2, -0.15) is 0 Å². The van der Waals surface area contributed by atoms with E-state index in [0.29, 0.717) is 29.3 Å². The highest BCUT2D eigenvalue weighted by atomic mass is 32.2. The Morgan fingerprint density at radius 3 is 2.85 bits per heavy atom. The summed E-state index contributed by atoms with van der Waals surface area (Å²) in [5.41, 5.74) is 1.64. The normalized spacial score (nSPS) is 17.0. The van der Waals surface area contributed by atoms with Crippen LogP contribution >= 0.6 is 11.8 Å². The van der Waals surface area contributed by atoms with Gasteiger partial charge in [0, 0.05) is 25.5 Å². The lowest BCUT2D eigenvalue weighted by Crippen LogP contribution is -2.40. The van der Waals surface area contributed by atoms with Gasteiger partial charge in [-0.05, 0) is 24.1 Å². The number of thioether (sulfide) groups is 1. The predicted molar refractivity (Wildman–Crippen MR) is 104 cm³/mol. The molecule has 0 spiro atoms. The molecule has 0 unspecified atom stereocenters. The van der Waals surface area contributed by atoms with Crippen molar-refractivity contribution in [2.45, 2.75) is 17.5 Å². The van der Waals surface area contributed by atoms with Crippen molar-refractivity contribution in [1.82, 2.24) is 15.2 Å². The Morgan fingerprint density at radius 1 is 1.31 bits per heavy atom. The highest BCUT2D eigenvalue weighted by Crippen LogP contribution is 2.21.